The van der Waals surface area contributed by atoms with E-state index in [1.54, 1.807) is 51.4 Å². The van der Waals surface area contributed by atoms with Gasteiger partial charge in [0.15, 0.2) is 0 Å². The number of anilines is 2. The Hall–Kier alpha value is -4.71. The first-order valence-corrected chi connectivity index (χ1v) is 13.1. The molecule has 2 aromatic carbocycles. The third-order valence-corrected chi connectivity index (χ3v) is 7.05. The molecule has 0 radical (unpaired) electrons. The molecule has 7 amide bonds. The van der Waals surface area contributed by atoms with Gasteiger partial charge < -0.3 is 20.9 Å². The van der Waals surface area contributed by atoms with Crippen LogP contribution in [0, 0.1) is 6.92 Å². The fourth-order valence-corrected chi connectivity index (χ4v) is 4.61. The van der Waals surface area contributed by atoms with Crippen molar-refractivity contribution in [2.45, 2.75) is 38.8 Å². The van der Waals surface area contributed by atoms with Crippen LogP contribution in [0.15, 0.2) is 48.2 Å². The van der Waals surface area contributed by atoms with Crippen molar-refractivity contribution in [1.82, 2.24) is 20.4 Å². The molecule has 41 heavy (non-hydrogen) atoms. The molecule has 0 bridgehead atoms. The van der Waals surface area contributed by atoms with Crippen molar-refractivity contribution in [3.63, 3.8) is 0 Å². The lowest BCUT2D eigenvalue weighted by Crippen LogP contribution is -2.54. The van der Waals surface area contributed by atoms with Gasteiger partial charge in [0.25, 0.3) is 17.7 Å². The summed E-state index contributed by atoms with van der Waals surface area (Å²) >= 11 is 6.14. The summed E-state index contributed by atoms with van der Waals surface area (Å²) in [6.45, 7) is 3.57. The van der Waals surface area contributed by atoms with Crippen LogP contribution < -0.4 is 21.3 Å². The predicted octanol–water partition coefficient (Wildman–Crippen LogP) is 2.70. The third-order valence-electron chi connectivity index (χ3n) is 6.64. The lowest BCUT2D eigenvalue weighted by molar-refractivity contribution is -0.149. The van der Waals surface area contributed by atoms with E-state index >= 15 is 0 Å². The monoisotopic (exact) mass is 580 g/mol. The number of hydrogen-bond donors (Lipinski definition) is 4. The van der Waals surface area contributed by atoms with Gasteiger partial charge in [0.2, 0.25) is 11.8 Å². The summed E-state index contributed by atoms with van der Waals surface area (Å²) in [4.78, 5) is 77.3. The molecule has 2 atom stereocenters. The first kappa shape index (κ1) is 29.3. The van der Waals surface area contributed by atoms with Crippen molar-refractivity contribution in [3.8, 4) is 0 Å². The Kier molecular flexibility index (Phi) is 8.43. The van der Waals surface area contributed by atoms with Crippen molar-refractivity contribution in [1.29, 1.82) is 0 Å². The van der Waals surface area contributed by atoms with Gasteiger partial charge in [0.05, 0.1) is 6.04 Å². The SMILES string of the molecule is Cc1ccc(NC(=O)NC(C)c2cc(NC3=CC(=O)N(C4CCC(=O)NC4=O)C3=O)cc(C(=O)N(C)C)c2)cc1Cl. The van der Waals surface area contributed by atoms with Crippen LogP contribution in [0.1, 0.15) is 47.3 Å². The maximum absolute atomic E-state index is 13.1. The molecule has 214 valence electrons. The molecule has 4 rings (SSSR count). The summed E-state index contributed by atoms with van der Waals surface area (Å²) in [6, 6.07) is 7.70. The largest absolute Gasteiger partial charge is 0.351 e. The van der Waals surface area contributed by atoms with Gasteiger partial charge in [-0.15, -0.1) is 0 Å². The highest BCUT2D eigenvalue weighted by Crippen LogP contribution is 2.27. The molecule has 2 aromatic rings. The summed E-state index contributed by atoms with van der Waals surface area (Å²) in [5, 5.41) is 11.1. The second-order valence-electron chi connectivity index (χ2n) is 9.99. The third kappa shape index (κ3) is 6.55. The zero-order valence-corrected chi connectivity index (χ0v) is 23.6. The molecule has 2 heterocycles. The average molecular weight is 581 g/mol. The Morgan fingerprint density at radius 3 is 2.46 bits per heavy atom. The fraction of sp³-hybridized carbons (Fsp3) is 0.286. The number of nitrogens with zero attached hydrogens (tertiary/aromatic N) is 2. The van der Waals surface area contributed by atoms with Crippen molar-refractivity contribution >= 4 is 58.5 Å². The van der Waals surface area contributed by atoms with E-state index in [4.69, 9.17) is 11.6 Å². The van der Waals surface area contributed by atoms with E-state index < -0.39 is 41.7 Å². The zero-order chi connectivity index (χ0) is 30.0. The summed E-state index contributed by atoms with van der Waals surface area (Å²) < 4.78 is 0. The number of nitrogens with one attached hydrogen (secondary N) is 4. The zero-order valence-electron chi connectivity index (χ0n) is 22.8. The van der Waals surface area contributed by atoms with Crippen LogP contribution in [0.5, 0.6) is 0 Å². The van der Waals surface area contributed by atoms with Crippen molar-refractivity contribution in [2.24, 2.45) is 0 Å². The van der Waals surface area contributed by atoms with Crippen LogP contribution in [0.2, 0.25) is 5.02 Å². The molecule has 13 heteroatoms. The summed E-state index contributed by atoms with van der Waals surface area (Å²) in [5.41, 5.74) is 2.39. The number of rotatable bonds is 7. The average Bonchev–Trinajstić information content (AvgIpc) is 3.17. The Morgan fingerprint density at radius 1 is 1.07 bits per heavy atom. The highest BCUT2D eigenvalue weighted by atomic mass is 35.5. The minimum absolute atomic E-state index is 0.00367. The Bertz CT molecular complexity index is 1500. The number of hydrogen-bond acceptors (Lipinski definition) is 7. The number of halogens is 1. The quantitative estimate of drug-likeness (QED) is 0.367. The molecule has 0 aliphatic carbocycles. The normalized spacial score (nSPS) is 17.5. The van der Waals surface area contributed by atoms with E-state index in [1.165, 1.54) is 11.0 Å². The first-order chi connectivity index (χ1) is 19.3. The smallest absolute Gasteiger partial charge is 0.319 e. The van der Waals surface area contributed by atoms with E-state index in [0.29, 0.717) is 22.0 Å². The van der Waals surface area contributed by atoms with E-state index in [-0.39, 0.29) is 30.0 Å². The molecule has 0 aromatic heterocycles. The first-order valence-electron chi connectivity index (χ1n) is 12.7. The van der Waals surface area contributed by atoms with E-state index in [9.17, 15) is 28.8 Å². The molecule has 2 unspecified atom stereocenters. The van der Waals surface area contributed by atoms with Gasteiger partial charge in [0.1, 0.15) is 11.7 Å². The van der Waals surface area contributed by atoms with Crippen molar-refractivity contribution < 1.29 is 28.8 Å². The number of benzene rings is 2. The molecular weight excluding hydrogens is 552 g/mol. The Labute approximate surface area is 241 Å². The number of aryl methyl sites for hydroxylation is 1. The van der Waals surface area contributed by atoms with Crippen molar-refractivity contribution in [3.05, 3.63) is 69.9 Å². The topological polar surface area (TPSA) is 157 Å². The van der Waals surface area contributed by atoms with Crippen LogP contribution in [0.4, 0.5) is 16.2 Å². The molecule has 1 saturated heterocycles. The van der Waals surface area contributed by atoms with Crippen molar-refractivity contribution in [2.75, 3.05) is 24.7 Å². The maximum atomic E-state index is 13.1. The minimum Gasteiger partial charge on any atom is -0.351 e. The molecule has 0 saturated carbocycles. The Morgan fingerprint density at radius 2 is 1.80 bits per heavy atom. The Balaban J connectivity index is 1.54. The van der Waals surface area contributed by atoms with Crippen LogP contribution in [-0.2, 0) is 19.2 Å². The summed E-state index contributed by atoms with van der Waals surface area (Å²) in [5.74, 6) is -2.95. The highest BCUT2D eigenvalue weighted by molar-refractivity contribution is 6.31. The lowest BCUT2D eigenvalue weighted by Gasteiger charge is -2.28. The van der Waals surface area contributed by atoms with Crippen LogP contribution in [-0.4, -0.2) is 65.5 Å². The van der Waals surface area contributed by atoms with Crippen LogP contribution in [0.3, 0.4) is 0 Å². The second-order valence-corrected chi connectivity index (χ2v) is 10.4. The summed E-state index contributed by atoms with van der Waals surface area (Å²) in [6.07, 6.45) is 1.10. The number of carbonyl (C=O) groups is 6. The molecule has 2 aliphatic rings. The number of amides is 7. The molecule has 1 fully saturated rings. The number of piperidine rings is 1. The van der Waals surface area contributed by atoms with Gasteiger partial charge in [-0.05, 0) is 61.7 Å². The standard InChI is InChI=1S/C28H29ClN6O6/c1-14-5-6-18(12-20(14)29)32-28(41)30-15(2)16-9-17(26(39)34(3)4)11-19(10-16)31-21-13-24(37)35(27(21)40)22-7-8-23(36)33-25(22)38/h5-6,9-13,15,22,31H,7-8H2,1-4H3,(H2,30,32,41)(H,33,36,38). The lowest BCUT2D eigenvalue weighted by atomic mass is 10.0. The van der Waals surface area contributed by atoms with Gasteiger partial charge in [0, 0.05) is 48.6 Å². The predicted molar refractivity (Wildman–Crippen MR) is 151 cm³/mol. The van der Waals surface area contributed by atoms with Gasteiger partial charge in [-0.1, -0.05) is 17.7 Å². The number of imide groups is 2. The van der Waals surface area contributed by atoms with Crippen LogP contribution >= 0.6 is 11.6 Å². The van der Waals surface area contributed by atoms with Gasteiger partial charge >= 0.3 is 6.03 Å². The molecule has 0 spiro atoms. The fourth-order valence-electron chi connectivity index (χ4n) is 4.43. The summed E-state index contributed by atoms with van der Waals surface area (Å²) in [7, 11) is 3.17. The highest BCUT2D eigenvalue weighted by Gasteiger charge is 2.42. The molecule has 4 N–H and O–H groups in total. The van der Waals surface area contributed by atoms with Crippen LogP contribution in [0.25, 0.3) is 0 Å². The number of carbonyl (C=O) groups excluding carboxylic acids is 6. The van der Waals surface area contributed by atoms with Gasteiger partial charge in [-0.3, -0.25) is 34.2 Å². The van der Waals surface area contributed by atoms with E-state index in [1.807, 2.05) is 6.92 Å². The molecular formula is C28H29ClN6O6. The molecule has 2 aliphatic heterocycles. The number of urea groups is 1. The second kappa shape index (κ2) is 11.8. The van der Waals surface area contributed by atoms with E-state index in [2.05, 4.69) is 21.3 Å². The maximum Gasteiger partial charge on any atom is 0.319 e. The molecule has 12 nitrogen and oxygen atoms in total. The van der Waals surface area contributed by atoms with Gasteiger partial charge in [-0.25, -0.2) is 4.79 Å². The minimum atomic E-state index is -1.10. The van der Waals surface area contributed by atoms with E-state index in [0.717, 1.165) is 16.5 Å². The van der Waals surface area contributed by atoms with Gasteiger partial charge in [-0.2, -0.15) is 0 Å².